The van der Waals surface area contributed by atoms with Gasteiger partial charge in [0.15, 0.2) is 5.76 Å². The summed E-state index contributed by atoms with van der Waals surface area (Å²) in [6, 6.07) is 9.37. The molecule has 0 bridgehead atoms. The molecule has 1 aromatic carbocycles. The van der Waals surface area contributed by atoms with Crippen LogP contribution in [-0.4, -0.2) is 30.4 Å². The first-order chi connectivity index (χ1) is 13.0. The number of benzene rings is 1. The van der Waals surface area contributed by atoms with E-state index in [2.05, 4.69) is 10.2 Å². The van der Waals surface area contributed by atoms with Crippen LogP contribution in [0.4, 0.5) is 0 Å². The van der Waals surface area contributed by atoms with Crippen molar-refractivity contribution in [2.75, 3.05) is 19.6 Å². The molecule has 1 aliphatic rings. The summed E-state index contributed by atoms with van der Waals surface area (Å²) in [6.07, 6.45) is 2.35. The van der Waals surface area contributed by atoms with Gasteiger partial charge in [0.05, 0.1) is 6.04 Å². The van der Waals surface area contributed by atoms with Crippen LogP contribution in [0.15, 0.2) is 39.2 Å². The molecule has 1 fully saturated rings. The number of hydrogen-bond donors (Lipinski definition) is 1. The summed E-state index contributed by atoms with van der Waals surface area (Å²) >= 11 is 6.07. The van der Waals surface area contributed by atoms with Gasteiger partial charge in [-0.25, -0.2) is 0 Å². The number of fused-ring (bicyclic) bond motifs is 1. The normalized spacial score (nSPS) is 16.1. The van der Waals surface area contributed by atoms with Crippen molar-refractivity contribution in [1.82, 2.24) is 10.2 Å². The summed E-state index contributed by atoms with van der Waals surface area (Å²) < 4.78 is 11.6. The van der Waals surface area contributed by atoms with Crippen molar-refractivity contribution in [3.05, 3.63) is 58.2 Å². The van der Waals surface area contributed by atoms with Crippen LogP contribution in [-0.2, 0) is 0 Å². The van der Waals surface area contributed by atoms with Gasteiger partial charge in [-0.1, -0.05) is 11.6 Å². The van der Waals surface area contributed by atoms with Gasteiger partial charge >= 0.3 is 0 Å². The summed E-state index contributed by atoms with van der Waals surface area (Å²) in [5.41, 5.74) is 1.47. The molecule has 3 aromatic rings. The molecule has 0 radical (unpaired) electrons. The first-order valence-corrected chi connectivity index (χ1v) is 9.68. The van der Waals surface area contributed by atoms with Crippen molar-refractivity contribution in [1.29, 1.82) is 0 Å². The predicted molar refractivity (Wildman–Crippen MR) is 105 cm³/mol. The molecule has 0 aliphatic carbocycles. The van der Waals surface area contributed by atoms with Gasteiger partial charge in [0.1, 0.15) is 17.1 Å². The zero-order valence-corrected chi connectivity index (χ0v) is 16.3. The predicted octanol–water partition coefficient (Wildman–Crippen LogP) is 4.86. The van der Waals surface area contributed by atoms with Crippen molar-refractivity contribution in [2.45, 2.75) is 32.7 Å². The fourth-order valence-corrected chi connectivity index (χ4v) is 3.95. The van der Waals surface area contributed by atoms with E-state index in [1.54, 1.807) is 12.1 Å². The Morgan fingerprint density at radius 1 is 1.19 bits per heavy atom. The summed E-state index contributed by atoms with van der Waals surface area (Å²) in [5.74, 6) is 1.89. The molecule has 1 N–H and O–H groups in total. The molecular formula is C21H23ClN2O3. The summed E-state index contributed by atoms with van der Waals surface area (Å²) in [5, 5.41) is 4.52. The lowest BCUT2D eigenvalue weighted by molar-refractivity contribution is 0.0907. The molecule has 0 spiro atoms. The van der Waals surface area contributed by atoms with Gasteiger partial charge in [-0.3, -0.25) is 9.69 Å². The topological polar surface area (TPSA) is 58.6 Å². The lowest BCUT2D eigenvalue weighted by atomic mass is 10.1. The van der Waals surface area contributed by atoms with E-state index in [-0.39, 0.29) is 11.9 Å². The van der Waals surface area contributed by atoms with Crippen LogP contribution in [0.5, 0.6) is 0 Å². The lowest BCUT2D eigenvalue weighted by Gasteiger charge is -2.25. The molecule has 142 valence electrons. The van der Waals surface area contributed by atoms with E-state index < -0.39 is 0 Å². The number of likely N-dealkylation sites (tertiary alicyclic amines) is 1. The molecule has 1 amide bonds. The van der Waals surface area contributed by atoms with Crippen LogP contribution in [0.25, 0.3) is 11.0 Å². The number of halogens is 1. The summed E-state index contributed by atoms with van der Waals surface area (Å²) in [4.78, 5) is 15.2. The van der Waals surface area contributed by atoms with E-state index in [0.717, 1.165) is 35.6 Å². The van der Waals surface area contributed by atoms with Crippen LogP contribution in [0.3, 0.4) is 0 Å². The van der Waals surface area contributed by atoms with Gasteiger partial charge in [0.2, 0.25) is 0 Å². The maximum atomic E-state index is 12.8. The third-order valence-corrected chi connectivity index (χ3v) is 5.47. The monoisotopic (exact) mass is 386 g/mol. The van der Waals surface area contributed by atoms with E-state index >= 15 is 0 Å². The van der Waals surface area contributed by atoms with E-state index in [4.69, 9.17) is 20.4 Å². The Kier molecular flexibility index (Phi) is 4.98. The highest BCUT2D eigenvalue weighted by Gasteiger charge is 2.27. The van der Waals surface area contributed by atoms with Crippen LogP contribution in [0.2, 0.25) is 5.02 Å². The molecule has 3 heterocycles. The Bertz CT molecular complexity index is 969. The Morgan fingerprint density at radius 2 is 1.96 bits per heavy atom. The number of amides is 1. The van der Waals surface area contributed by atoms with Gasteiger partial charge in [-0.05, 0) is 70.1 Å². The second kappa shape index (κ2) is 7.41. The number of furan rings is 2. The van der Waals surface area contributed by atoms with E-state index in [9.17, 15) is 4.79 Å². The maximum Gasteiger partial charge on any atom is 0.287 e. The Morgan fingerprint density at radius 3 is 2.67 bits per heavy atom. The highest BCUT2D eigenvalue weighted by Crippen LogP contribution is 2.29. The van der Waals surface area contributed by atoms with Crippen molar-refractivity contribution in [2.24, 2.45) is 0 Å². The number of carbonyl (C=O) groups is 1. The second-order valence-electron chi connectivity index (χ2n) is 7.11. The maximum absolute atomic E-state index is 12.8. The average Bonchev–Trinajstić information content (AvgIpc) is 3.38. The number of hydrogen-bond acceptors (Lipinski definition) is 4. The van der Waals surface area contributed by atoms with Gasteiger partial charge in [-0.15, -0.1) is 0 Å². The highest BCUT2D eigenvalue weighted by atomic mass is 35.5. The number of nitrogens with zero attached hydrogens (tertiary/aromatic N) is 1. The largest absolute Gasteiger partial charge is 0.465 e. The SMILES string of the molecule is Cc1ccc(C(CNC(=O)c2oc3ccc(Cl)cc3c2C)N2CCCC2)o1. The van der Waals surface area contributed by atoms with Gasteiger partial charge < -0.3 is 14.2 Å². The first kappa shape index (κ1) is 18.1. The van der Waals surface area contributed by atoms with Gasteiger partial charge in [0.25, 0.3) is 5.91 Å². The number of rotatable bonds is 5. The number of aryl methyl sites for hydroxylation is 2. The molecule has 2 aromatic heterocycles. The zero-order chi connectivity index (χ0) is 19.0. The van der Waals surface area contributed by atoms with Crippen LogP contribution < -0.4 is 5.32 Å². The molecule has 0 saturated carbocycles. The average molecular weight is 387 g/mol. The molecule has 5 nitrogen and oxygen atoms in total. The van der Waals surface area contributed by atoms with Crippen molar-refractivity contribution in [3.63, 3.8) is 0 Å². The minimum Gasteiger partial charge on any atom is -0.465 e. The highest BCUT2D eigenvalue weighted by molar-refractivity contribution is 6.31. The molecule has 1 unspecified atom stereocenters. The zero-order valence-electron chi connectivity index (χ0n) is 15.5. The molecule has 4 rings (SSSR count). The minimum atomic E-state index is -0.215. The Balaban J connectivity index is 1.53. The molecule has 1 saturated heterocycles. The summed E-state index contributed by atoms with van der Waals surface area (Å²) in [7, 11) is 0. The molecule has 1 atom stereocenters. The smallest absolute Gasteiger partial charge is 0.287 e. The van der Waals surface area contributed by atoms with E-state index in [1.807, 2.05) is 32.0 Å². The second-order valence-corrected chi connectivity index (χ2v) is 7.55. The van der Waals surface area contributed by atoms with E-state index in [0.29, 0.717) is 22.9 Å². The standard InChI is InChI=1S/C21H23ClN2O3/c1-13-5-7-19(26-13)17(24-9-3-4-10-24)12-23-21(25)20-14(2)16-11-15(22)6-8-18(16)27-20/h5-8,11,17H,3-4,9-10,12H2,1-2H3,(H,23,25). The molecule has 1 aliphatic heterocycles. The third-order valence-electron chi connectivity index (χ3n) is 5.23. The van der Waals surface area contributed by atoms with E-state index in [1.165, 1.54) is 12.8 Å². The summed E-state index contributed by atoms with van der Waals surface area (Å²) in [6.45, 7) is 6.32. The van der Waals surface area contributed by atoms with Crippen LogP contribution in [0.1, 0.15) is 46.5 Å². The Labute approximate surface area is 163 Å². The number of carbonyl (C=O) groups excluding carboxylic acids is 1. The quantitative estimate of drug-likeness (QED) is 0.680. The fraction of sp³-hybridized carbons (Fsp3) is 0.381. The lowest BCUT2D eigenvalue weighted by Crippen LogP contribution is -2.36. The van der Waals surface area contributed by atoms with Crippen molar-refractivity contribution >= 4 is 28.5 Å². The van der Waals surface area contributed by atoms with Gasteiger partial charge in [-0.2, -0.15) is 0 Å². The van der Waals surface area contributed by atoms with Crippen LogP contribution in [0, 0.1) is 13.8 Å². The molecule has 27 heavy (non-hydrogen) atoms. The first-order valence-electron chi connectivity index (χ1n) is 9.30. The van der Waals surface area contributed by atoms with Crippen molar-refractivity contribution in [3.8, 4) is 0 Å². The van der Waals surface area contributed by atoms with Crippen LogP contribution >= 0.6 is 11.6 Å². The minimum absolute atomic E-state index is 0.0317. The third kappa shape index (κ3) is 3.62. The van der Waals surface area contributed by atoms with Crippen molar-refractivity contribution < 1.29 is 13.6 Å². The number of nitrogens with one attached hydrogen (secondary N) is 1. The fourth-order valence-electron chi connectivity index (χ4n) is 3.77. The molecule has 6 heteroatoms. The van der Waals surface area contributed by atoms with Gasteiger partial charge in [0, 0.05) is 22.5 Å². The molecular weight excluding hydrogens is 364 g/mol. The Hall–Kier alpha value is -2.24.